The number of benzene rings is 4. The van der Waals surface area contributed by atoms with Crippen molar-refractivity contribution in [1.29, 1.82) is 0 Å². The highest BCUT2D eigenvalue weighted by molar-refractivity contribution is 9.10. The molecule has 0 radical (unpaired) electrons. The third-order valence-electron chi connectivity index (χ3n) is 6.70. The van der Waals surface area contributed by atoms with E-state index in [4.69, 9.17) is 4.98 Å². The number of likely N-dealkylation sites (N-methyl/N-ethyl adjacent to an activating group) is 1. The summed E-state index contributed by atoms with van der Waals surface area (Å²) in [6.07, 6.45) is 0. The van der Waals surface area contributed by atoms with E-state index in [0.717, 1.165) is 15.6 Å². The standard InChI is InChI=1S/C31H26BrN3O2/c1-21(34(2)31(37)28(22-11-5-3-6-12-22)23-13-7-4-8-14-23)29-33-27-16-10-9-15-26(27)30(36)35(29)25-19-17-24(32)18-20-25/h3-21,28H,1-2H3. The predicted molar refractivity (Wildman–Crippen MR) is 151 cm³/mol. The predicted octanol–water partition coefficient (Wildman–Crippen LogP) is 6.50. The van der Waals surface area contributed by atoms with Crippen molar-refractivity contribution in [3.05, 3.63) is 141 Å². The van der Waals surface area contributed by atoms with Crippen molar-refractivity contribution in [3.63, 3.8) is 0 Å². The molecule has 0 aliphatic rings. The fourth-order valence-corrected chi connectivity index (χ4v) is 4.87. The topological polar surface area (TPSA) is 55.2 Å². The summed E-state index contributed by atoms with van der Waals surface area (Å²) in [6.45, 7) is 1.91. The highest BCUT2D eigenvalue weighted by Gasteiger charge is 2.31. The number of rotatable bonds is 6. The third-order valence-corrected chi connectivity index (χ3v) is 7.23. The van der Waals surface area contributed by atoms with Crippen LogP contribution >= 0.6 is 15.9 Å². The number of carbonyl (C=O) groups excluding carboxylic acids is 1. The first kappa shape index (κ1) is 24.7. The molecule has 0 spiro atoms. The fourth-order valence-electron chi connectivity index (χ4n) is 4.61. The van der Waals surface area contributed by atoms with Crippen LogP contribution in [-0.2, 0) is 4.79 Å². The number of carbonyl (C=O) groups is 1. The molecule has 5 rings (SSSR count). The normalized spacial score (nSPS) is 12.0. The Bertz CT molecular complexity index is 1560. The van der Waals surface area contributed by atoms with E-state index in [1.165, 1.54) is 0 Å². The third kappa shape index (κ3) is 4.85. The molecule has 37 heavy (non-hydrogen) atoms. The molecular weight excluding hydrogens is 526 g/mol. The summed E-state index contributed by atoms with van der Waals surface area (Å²) in [5.41, 5.74) is 2.95. The zero-order valence-electron chi connectivity index (χ0n) is 20.6. The van der Waals surface area contributed by atoms with Gasteiger partial charge in [0.15, 0.2) is 0 Å². The largest absolute Gasteiger partial charge is 0.335 e. The summed E-state index contributed by atoms with van der Waals surface area (Å²) in [7, 11) is 1.78. The number of hydrogen-bond donors (Lipinski definition) is 0. The number of hydrogen-bond acceptors (Lipinski definition) is 3. The van der Waals surface area contributed by atoms with Crippen LogP contribution in [0.25, 0.3) is 16.6 Å². The molecule has 1 aromatic heterocycles. The van der Waals surface area contributed by atoms with Gasteiger partial charge in [-0.05, 0) is 54.4 Å². The summed E-state index contributed by atoms with van der Waals surface area (Å²) in [5.74, 6) is -0.0560. The van der Waals surface area contributed by atoms with Gasteiger partial charge >= 0.3 is 0 Å². The van der Waals surface area contributed by atoms with Crippen molar-refractivity contribution in [3.8, 4) is 5.69 Å². The Morgan fingerprint density at radius 3 is 1.95 bits per heavy atom. The zero-order chi connectivity index (χ0) is 25.9. The van der Waals surface area contributed by atoms with Gasteiger partial charge in [0.1, 0.15) is 5.82 Å². The van der Waals surface area contributed by atoms with Gasteiger partial charge in [0.25, 0.3) is 5.56 Å². The number of aromatic nitrogens is 2. The second-order valence-corrected chi connectivity index (χ2v) is 9.90. The maximum absolute atomic E-state index is 14.1. The molecule has 1 heterocycles. The average Bonchev–Trinajstić information content (AvgIpc) is 2.94. The lowest BCUT2D eigenvalue weighted by atomic mass is 9.89. The van der Waals surface area contributed by atoms with Gasteiger partial charge in [0.2, 0.25) is 5.91 Å². The van der Waals surface area contributed by atoms with E-state index in [1.54, 1.807) is 22.6 Å². The number of halogens is 1. The van der Waals surface area contributed by atoms with E-state index < -0.39 is 12.0 Å². The van der Waals surface area contributed by atoms with Gasteiger partial charge in [0, 0.05) is 11.5 Å². The van der Waals surface area contributed by atoms with Crippen LogP contribution < -0.4 is 5.56 Å². The lowest BCUT2D eigenvalue weighted by molar-refractivity contribution is -0.132. The molecule has 1 atom stereocenters. The van der Waals surface area contributed by atoms with E-state index in [-0.39, 0.29) is 11.5 Å². The summed E-state index contributed by atoms with van der Waals surface area (Å²) in [5, 5.41) is 0.529. The molecule has 5 aromatic rings. The van der Waals surface area contributed by atoms with Crippen molar-refractivity contribution >= 4 is 32.7 Å². The molecule has 0 fully saturated rings. The monoisotopic (exact) mass is 551 g/mol. The van der Waals surface area contributed by atoms with E-state index in [0.29, 0.717) is 22.4 Å². The van der Waals surface area contributed by atoms with Gasteiger partial charge in [-0.3, -0.25) is 14.2 Å². The number of nitrogens with zero attached hydrogens (tertiary/aromatic N) is 3. The molecule has 0 N–H and O–H groups in total. The van der Waals surface area contributed by atoms with Crippen molar-refractivity contribution < 1.29 is 4.79 Å². The van der Waals surface area contributed by atoms with Crippen LogP contribution in [0.3, 0.4) is 0 Å². The lowest BCUT2D eigenvalue weighted by Crippen LogP contribution is -2.37. The lowest BCUT2D eigenvalue weighted by Gasteiger charge is -2.30. The van der Waals surface area contributed by atoms with E-state index in [1.807, 2.05) is 110 Å². The van der Waals surface area contributed by atoms with Gasteiger partial charge in [-0.1, -0.05) is 88.7 Å². The number of amides is 1. The average molecular weight is 552 g/mol. The molecule has 0 saturated heterocycles. The summed E-state index contributed by atoms with van der Waals surface area (Å²) < 4.78 is 2.52. The Hall–Kier alpha value is -4.03. The van der Waals surface area contributed by atoms with Crippen LogP contribution in [-0.4, -0.2) is 27.4 Å². The highest BCUT2D eigenvalue weighted by atomic mass is 79.9. The summed E-state index contributed by atoms with van der Waals surface area (Å²) in [6, 6.07) is 33.9. The van der Waals surface area contributed by atoms with E-state index >= 15 is 0 Å². The van der Waals surface area contributed by atoms with Crippen molar-refractivity contribution in [2.24, 2.45) is 0 Å². The van der Waals surface area contributed by atoms with Crippen LogP contribution in [0, 0.1) is 0 Å². The van der Waals surface area contributed by atoms with Crippen LogP contribution in [0.2, 0.25) is 0 Å². The number of para-hydroxylation sites is 1. The van der Waals surface area contributed by atoms with Crippen LogP contribution in [0.4, 0.5) is 0 Å². The minimum atomic E-state index is -0.483. The van der Waals surface area contributed by atoms with Crippen molar-refractivity contribution in [1.82, 2.24) is 14.5 Å². The van der Waals surface area contributed by atoms with Gasteiger partial charge in [-0.2, -0.15) is 0 Å². The van der Waals surface area contributed by atoms with Crippen LogP contribution in [0.15, 0.2) is 118 Å². The van der Waals surface area contributed by atoms with E-state index in [2.05, 4.69) is 15.9 Å². The summed E-state index contributed by atoms with van der Waals surface area (Å²) in [4.78, 5) is 34.4. The molecule has 6 heteroatoms. The van der Waals surface area contributed by atoms with Crippen molar-refractivity contribution in [2.75, 3.05) is 7.05 Å². The number of fused-ring (bicyclic) bond motifs is 1. The maximum atomic E-state index is 14.1. The molecule has 5 nitrogen and oxygen atoms in total. The molecular formula is C31H26BrN3O2. The molecule has 1 unspecified atom stereocenters. The van der Waals surface area contributed by atoms with Crippen LogP contribution in [0.1, 0.15) is 35.8 Å². The Kier molecular flexibility index (Phi) is 7.01. The SMILES string of the molecule is CC(c1nc2ccccc2c(=O)n1-c1ccc(Br)cc1)N(C)C(=O)C(c1ccccc1)c1ccccc1. The minimum Gasteiger partial charge on any atom is -0.335 e. The molecule has 0 aliphatic carbocycles. The Morgan fingerprint density at radius 1 is 0.811 bits per heavy atom. The second-order valence-electron chi connectivity index (χ2n) is 8.98. The first-order chi connectivity index (χ1) is 18.0. The molecule has 1 amide bonds. The molecule has 0 bridgehead atoms. The molecule has 0 saturated carbocycles. The molecule has 4 aromatic carbocycles. The second kappa shape index (κ2) is 10.5. The van der Waals surface area contributed by atoms with Crippen LogP contribution in [0.5, 0.6) is 0 Å². The Balaban J connectivity index is 1.63. The minimum absolute atomic E-state index is 0.0744. The Labute approximate surface area is 224 Å². The van der Waals surface area contributed by atoms with Crippen molar-refractivity contribution in [2.45, 2.75) is 18.9 Å². The summed E-state index contributed by atoms with van der Waals surface area (Å²) >= 11 is 3.47. The van der Waals surface area contributed by atoms with E-state index in [9.17, 15) is 9.59 Å². The zero-order valence-corrected chi connectivity index (χ0v) is 22.2. The smallest absolute Gasteiger partial charge is 0.266 e. The van der Waals surface area contributed by atoms with Gasteiger partial charge in [-0.25, -0.2) is 4.98 Å². The highest BCUT2D eigenvalue weighted by Crippen LogP contribution is 2.30. The first-order valence-corrected chi connectivity index (χ1v) is 12.9. The van der Waals surface area contributed by atoms with Gasteiger partial charge < -0.3 is 4.90 Å². The fraction of sp³-hybridized carbons (Fsp3) is 0.129. The Morgan fingerprint density at radius 2 is 1.35 bits per heavy atom. The van der Waals surface area contributed by atoms with Gasteiger partial charge in [-0.15, -0.1) is 0 Å². The maximum Gasteiger partial charge on any atom is 0.266 e. The molecule has 184 valence electrons. The van der Waals surface area contributed by atoms with Gasteiger partial charge in [0.05, 0.1) is 28.6 Å². The molecule has 0 aliphatic heterocycles. The first-order valence-electron chi connectivity index (χ1n) is 12.1. The quantitative estimate of drug-likeness (QED) is 0.242.